The van der Waals surface area contributed by atoms with Crippen LogP contribution in [0.3, 0.4) is 0 Å². The zero-order chi connectivity index (χ0) is 50.3. The summed E-state index contributed by atoms with van der Waals surface area (Å²) in [6.07, 6.45) is 3.76. The van der Waals surface area contributed by atoms with E-state index >= 15 is 0 Å². The minimum absolute atomic E-state index is 0.0148. The number of nitro benzene ring substituents is 2. The van der Waals surface area contributed by atoms with Crippen molar-refractivity contribution in [3.8, 4) is 11.3 Å². The number of benzene rings is 4. The van der Waals surface area contributed by atoms with Crippen molar-refractivity contribution in [3.63, 3.8) is 0 Å². The van der Waals surface area contributed by atoms with Gasteiger partial charge in [-0.05, 0) is 84.3 Å². The summed E-state index contributed by atoms with van der Waals surface area (Å²) in [7, 11) is 0.0346. The highest BCUT2D eigenvalue weighted by atomic mass is 32.2. The molecule has 1 N–H and O–H groups in total. The molecule has 22 heteroatoms. The predicted octanol–water partition coefficient (Wildman–Crippen LogP) is 7.49. The van der Waals surface area contributed by atoms with Gasteiger partial charge in [0.15, 0.2) is 0 Å². The summed E-state index contributed by atoms with van der Waals surface area (Å²) in [6.45, 7) is 4.08. The average Bonchev–Trinajstić information content (AvgIpc) is 4.12. The molecule has 6 rings (SSSR count). The normalized spacial score (nSPS) is 12.2. The highest BCUT2D eigenvalue weighted by Gasteiger charge is 2.33. The molecule has 0 atom stereocenters. The van der Waals surface area contributed by atoms with Gasteiger partial charge < -0.3 is 38.2 Å². The lowest BCUT2D eigenvalue weighted by molar-refractivity contribution is -0.385. The van der Waals surface area contributed by atoms with Crippen LogP contribution in [0.5, 0.6) is 0 Å². The number of furan rings is 1. The van der Waals surface area contributed by atoms with E-state index in [-0.39, 0.29) is 73.6 Å². The Balaban J connectivity index is 0.000000354. The van der Waals surface area contributed by atoms with Gasteiger partial charge in [-0.3, -0.25) is 29.3 Å². The number of rotatable bonds is 24. The number of anilines is 1. The SMILES string of the molecule is CCCOCCOCc1ccc(C(=O)OC)c([N+](=O)[O-])c1.CNC(=O)c1c(-c2ccc(F)cc2)oc2cc(N(CCOCCOCc3ccc(C(=O)OC)c([N+](=O)[O-])c3)S(C)(=O)=O)c(C3CC3)cc12. The number of nitrogens with one attached hydrogen (secondary N) is 1. The third-order valence-corrected chi connectivity index (χ3v) is 11.7. The number of fused-ring (bicyclic) bond motifs is 1. The summed E-state index contributed by atoms with van der Waals surface area (Å²) in [5.74, 6) is -2.04. The van der Waals surface area contributed by atoms with Crippen molar-refractivity contribution in [2.75, 3.05) is 78.0 Å². The Bertz CT molecular complexity index is 2740. The summed E-state index contributed by atoms with van der Waals surface area (Å²) in [5, 5.41) is 25.5. The highest BCUT2D eigenvalue weighted by molar-refractivity contribution is 7.92. The van der Waals surface area contributed by atoms with Crippen LogP contribution in [-0.2, 0) is 51.7 Å². The fourth-order valence-electron chi connectivity index (χ4n) is 7.02. The van der Waals surface area contributed by atoms with Gasteiger partial charge in [-0.25, -0.2) is 22.4 Å². The maximum Gasteiger partial charge on any atom is 0.344 e. The molecular weight excluding hydrogens is 928 g/mol. The molecule has 20 nitrogen and oxygen atoms in total. The lowest BCUT2D eigenvalue weighted by atomic mass is 10.0. The molecule has 0 aliphatic heterocycles. The minimum atomic E-state index is -3.78. The van der Waals surface area contributed by atoms with Crippen LogP contribution < -0.4 is 9.62 Å². The van der Waals surface area contributed by atoms with Crippen molar-refractivity contribution in [1.82, 2.24) is 5.32 Å². The topological polar surface area (TPSA) is 255 Å². The number of amides is 1. The molecule has 0 saturated heterocycles. The third kappa shape index (κ3) is 14.3. The number of sulfonamides is 1. The van der Waals surface area contributed by atoms with Gasteiger partial charge in [0.2, 0.25) is 10.0 Å². The number of hydrogen-bond acceptors (Lipinski definition) is 16. The van der Waals surface area contributed by atoms with Crippen LogP contribution in [0.2, 0.25) is 0 Å². The monoisotopic (exact) mass is 980 g/mol. The van der Waals surface area contributed by atoms with Crippen LogP contribution in [-0.4, -0.2) is 110 Å². The van der Waals surface area contributed by atoms with E-state index < -0.39 is 49.2 Å². The van der Waals surface area contributed by atoms with Crippen LogP contribution in [0.1, 0.15) is 79.9 Å². The van der Waals surface area contributed by atoms with Gasteiger partial charge >= 0.3 is 11.9 Å². The fraction of sp³-hybridized carbons (Fsp3) is 0.383. The first-order valence-electron chi connectivity index (χ1n) is 21.6. The first-order chi connectivity index (χ1) is 33.0. The van der Waals surface area contributed by atoms with E-state index in [1.54, 1.807) is 18.2 Å². The summed E-state index contributed by atoms with van der Waals surface area (Å²) in [6, 6.07) is 17.3. The number of hydrogen-bond donors (Lipinski definition) is 1. The second-order valence-electron chi connectivity index (χ2n) is 15.4. The molecular formula is C47H53FN4O16S. The summed E-state index contributed by atoms with van der Waals surface area (Å²) in [5.41, 5.74) is 2.43. The zero-order valence-corrected chi connectivity index (χ0v) is 39.5. The smallest absolute Gasteiger partial charge is 0.344 e. The molecule has 0 bridgehead atoms. The lowest BCUT2D eigenvalue weighted by Crippen LogP contribution is -2.34. The molecule has 1 aromatic heterocycles. The molecule has 1 fully saturated rings. The molecule has 1 saturated carbocycles. The molecule has 1 heterocycles. The van der Waals surface area contributed by atoms with Gasteiger partial charge in [-0.1, -0.05) is 19.1 Å². The van der Waals surface area contributed by atoms with Gasteiger partial charge in [0.25, 0.3) is 17.3 Å². The number of ether oxygens (including phenoxy) is 6. The maximum absolute atomic E-state index is 13.7. The Kier molecular flexibility index (Phi) is 19.2. The first kappa shape index (κ1) is 53.1. The van der Waals surface area contributed by atoms with Crippen molar-refractivity contribution in [1.29, 1.82) is 0 Å². The number of carbonyl (C=O) groups excluding carboxylic acids is 3. The average molecular weight is 981 g/mol. The number of nitro groups is 2. The summed E-state index contributed by atoms with van der Waals surface area (Å²) >= 11 is 0. The first-order valence-corrected chi connectivity index (χ1v) is 23.5. The van der Waals surface area contributed by atoms with Crippen molar-refractivity contribution in [2.45, 2.75) is 45.3 Å². The Labute approximate surface area is 396 Å². The molecule has 0 unspecified atom stereocenters. The van der Waals surface area contributed by atoms with Gasteiger partial charge in [0.05, 0.1) is 94.4 Å². The Morgan fingerprint density at radius 3 is 1.75 bits per heavy atom. The molecule has 0 radical (unpaired) electrons. The molecule has 5 aromatic rings. The lowest BCUT2D eigenvalue weighted by Gasteiger charge is -2.25. The molecule has 1 amide bonds. The van der Waals surface area contributed by atoms with Gasteiger partial charge in [0.1, 0.15) is 28.3 Å². The van der Waals surface area contributed by atoms with E-state index in [4.69, 9.17) is 23.4 Å². The largest absolute Gasteiger partial charge is 0.465 e. The minimum Gasteiger partial charge on any atom is -0.465 e. The van der Waals surface area contributed by atoms with Crippen molar-refractivity contribution in [3.05, 3.63) is 132 Å². The second kappa shape index (κ2) is 25.0. The number of halogens is 1. The Morgan fingerprint density at radius 2 is 1.29 bits per heavy atom. The maximum atomic E-state index is 13.7. The van der Waals surface area contributed by atoms with E-state index in [2.05, 4.69) is 14.8 Å². The summed E-state index contributed by atoms with van der Waals surface area (Å²) in [4.78, 5) is 57.3. The molecule has 1 aliphatic rings. The number of methoxy groups -OCH3 is 2. The molecule has 370 valence electrons. The second-order valence-corrected chi connectivity index (χ2v) is 17.3. The standard InChI is InChI=1S/C33H34FN3O10S.C14H19NO6/c1-35-32(38)30-26-17-25(21-5-6-21)27(18-29(26)47-31(30)22-7-9-23(34)10-8-22)36(48(3,42)43)12-13-45-14-15-46-19-20-4-11-24(33(39)44-2)28(16-20)37(40)41;1-3-6-20-7-8-21-10-11-4-5-12(14(16)19-2)13(9-11)15(17)18/h4,7-11,16-18,21H,5-6,12-15,19H2,1-3H3,(H,35,38);4-5,9H,3,6-8,10H2,1-2H3. The molecule has 69 heavy (non-hydrogen) atoms. The van der Waals surface area contributed by atoms with Crippen LogP contribution in [0.25, 0.3) is 22.3 Å². The molecule has 0 spiro atoms. The van der Waals surface area contributed by atoms with E-state index in [0.717, 1.165) is 38.2 Å². The van der Waals surface area contributed by atoms with Gasteiger partial charge in [-0.15, -0.1) is 0 Å². The number of carbonyl (C=O) groups is 3. The van der Waals surface area contributed by atoms with Gasteiger partial charge in [-0.2, -0.15) is 0 Å². The summed E-state index contributed by atoms with van der Waals surface area (Å²) < 4.78 is 78.1. The number of nitrogens with zero attached hydrogens (tertiary/aromatic N) is 3. The van der Waals surface area contributed by atoms with Crippen LogP contribution in [0.4, 0.5) is 21.5 Å². The van der Waals surface area contributed by atoms with Crippen LogP contribution >= 0.6 is 0 Å². The van der Waals surface area contributed by atoms with Crippen molar-refractivity contribution in [2.24, 2.45) is 0 Å². The quantitative estimate of drug-likeness (QED) is 0.0272. The van der Waals surface area contributed by atoms with Crippen LogP contribution in [0.15, 0.2) is 77.2 Å². The Hall–Kier alpha value is -6.85. The number of esters is 2. The van der Waals surface area contributed by atoms with Crippen molar-refractivity contribution >= 4 is 55.9 Å². The van der Waals surface area contributed by atoms with Gasteiger partial charge in [0, 0.05) is 42.8 Å². The molecule has 1 aliphatic carbocycles. The zero-order valence-electron chi connectivity index (χ0n) is 38.7. The Morgan fingerprint density at radius 1 is 0.768 bits per heavy atom. The van der Waals surface area contributed by atoms with E-state index in [9.17, 15) is 47.4 Å². The van der Waals surface area contributed by atoms with E-state index in [1.807, 2.05) is 6.92 Å². The predicted molar refractivity (Wildman–Crippen MR) is 249 cm³/mol. The third-order valence-electron chi connectivity index (χ3n) is 10.5. The molecule has 4 aromatic carbocycles. The van der Waals surface area contributed by atoms with Crippen molar-refractivity contribution < 1.29 is 69.9 Å². The van der Waals surface area contributed by atoms with Crippen LogP contribution in [0, 0.1) is 26.0 Å². The van der Waals surface area contributed by atoms with E-state index in [0.29, 0.717) is 53.2 Å². The highest BCUT2D eigenvalue weighted by Crippen LogP contribution is 2.48. The van der Waals surface area contributed by atoms with E-state index in [1.165, 1.54) is 73.1 Å². The fourth-order valence-corrected chi connectivity index (χ4v) is 7.94.